The SMILES string of the molecule is COc1c(OC)c(NS(=O)(=O)c2ccc(N)cc2)c2ncccc2c1N. The molecule has 0 atom stereocenters. The van der Waals surface area contributed by atoms with Crippen molar-refractivity contribution in [3.8, 4) is 11.5 Å². The molecule has 5 N–H and O–H groups in total. The van der Waals surface area contributed by atoms with Gasteiger partial charge in [0.15, 0.2) is 11.5 Å². The van der Waals surface area contributed by atoms with Gasteiger partial charge in [-0.25, -0.2) is 8.42 Å². The second kappa shape index (κ2) is 6.60. The number of ether oxygens (including phenoxy) is 2. The fourth-order valence-electron chi connectivity index (χ4n) is 2.62. The maximum atomic E-state index is 12.8. The lowest BCUT2D eigenvalue weighted by atomic mass is 10.1. The minimum atomic E-state index is -3.91. The Morgan fingerprint density at radius 2 is 1.65 bits per heavy atom. The van der Waals surface area contributed by atoms with Crippen LogP contribution in [0.3, 0.4) is 0 Å². The third kappa shape index (κ3) is 2.93. The summed E-state index contributed by atoms with van der Waals surface area (Å²) < 4.78 is 38.8. The Balaban J connectivity index is 2.24. The number of anilines is 3. The molecule has 0 aliphatic carbocycles. The number of nitrogens with two attached hydrogens (primary N) is 2. The molecule has 1 aromatic heterocycles. The van der Waals surface area contributed by atoms with Crippen LogP contribution >= 0.6 is 0 Å². The first-order chi connectivity index (χ1) is 12.4. The Labute approximate surface area is 150 Å². The molecule has 2 aromatic carbocycles. The van der Waals surface area contributed by atoms with E-state index in [2.05, 4.69) is 9.71 Å². The van der Waals surface area contributed by atoms with Crippen LogP contribution in [-0.2, 0) is 10.0 Å². The molecule has 0 amide bonds. The lowest BCUT2D eigenvalue weighted by Crippen LogP contribution is -2.15. The highest BCUT2D eigenvalue weighted by molar-refractivity contribution is 7.92. The third-order valence-electron chi connectivity index (χ3n) is 3.85. The second-order valence-corrected chi connectivity index (χ2v) is 7.11. The van der Waals surface area contributed by atoms with Crippen molar-refractivity contribution in [3.63, 3.8) is 0 Å². The van der Waals surface area contributed by atoms with Crippen LogP contribution in [0.2, 0.25) is 0 Å². The first-order valence-electron chi connectivity index (χ1n) is 7.55. The number of nitrogens with one attached hydrogen (secondary N) is 1. The average Bonchev–Trinajstić information content (AvgIpc) is 2.64. The maximum Gasteiger partial charge on any atom is 0.262 e. The summed E-state index contributed by atoms with van der Waals surface area (Å²) in [4.78, 5) is 4.31. The normalized spacial score (nSPS) is 11.3. The van der Waals surface area contributed by atoms with E-state index in [4.69, 9.17) is 20.9 Å². The Hall–Kier alpha value is -3.20. The molecule has 0 saturated carbocycles. The predicted octanol–water partition coefficient (Wildman–Crippen LogP) is 2.22. The molecule has 0 saturated heterocycles. The number of aromatic nitrogens is 1. The molecular formula is C17H18N4O4S. The number of hydrogen-bond donors (Lipinski definition) is 3. The number of fused-ring (bicyclic) bond motifs is 1. The largest absolute Gasteiger partial charge is 0.491 e. The number of rotatable bonds is 5. The molecule has 0 aliphatic heterocycles. The van der Waals surface area contributed by atoms with E-state index in [1.165, 1.54) is 44.7 Å². The number of nitrogens with zero attached hydrogens (tertiary/aromatic N) is 1. The summed E-state index contributed by atoms with van der Waals surface area (Å²) in [7, 11) is -1.09. The van der Waals surface area contributed by atoms with Crippen LogP contribution in [0.5, 0.6) is 11.5 Å². The van der Waals surface area contributed by atoms with Gasteiger partial charge in [-0.1, -0.05) is 0 Å². The van der Waals surface area contributed by atoms with E-state index in [0.717, 1.165) is 0 Å². The molecule has 0 aliphatic rings. The van der Waals surface area contributed by atoms with Gasteiger partial charge in [0.05, 0.1) is 24.8 Å². The monoisotopic (exact) mass is 374 g/mol. The molecule has 8 nitrogen and oxygen atoms in total. The minimum Gasteiger partial charge on any atom is -0.491 e. The zero-order valence-corrected chi connectivity index (χ0v) is 15.0. The topological polar surface area (TPSA) is 130 Å². The van der Waals surface area contributed by atoms with Gasteiger partial charge in [-0.15, -0.1) is 0 Å². The van der Waals surface area contributed by atoms with Gasteiger partial charge in [0.1, 0.15) is 11.2 Å². The summed E-state index contributed by atoms with van der Waals surface area (Å²) in [6.07, 6.45) is 1.54. The average molecular weight is 374 g/mol. The molecule has 0 bridgehead atoms. The summed E-state index contributed by atoms with van der Waals surface area (Å²) in [5.41, 5.74) is 13.0. The van der Waals surface area contributed by atoms with Gasteiger partial charge in [-0.3, -0.25) is 9.71 Å². The summed E-state index contributed by atoms with van der Waals surface area (Å²) in [6.45, 7) is 0. The Bertz CT molecular complexity index is 1070. The molecule has 3 aromatic rings. The molecule has 0 fully saturated rings. The number of benzene rings is 2. The lowest BCUT2D eigenvalue weighted by Gasteiger charge is -2.18. The molecule has 0 spiro atoms. The van der Waals surface area contributed by atoms with Crippen molar-refractivity contribution >= 4 is 38.0 Å². The molecule has 1 heterocycles. The van der Waals surface area contributed by atoms with Crippen molar-refractivity contribution in [1.29, 1.82) is 0 Å². The predicted molar refractivity (Wildman–Crippen MR) is 101 cm³/mol. The molecule has 0 unspecified atom stereocenters. The fraction of sp³-hybridized carbons (Fsp3) is 0.118. The third-order valence-corrected chi connectivity index (χ3v) is 5.21. The van der Waals surface area contributed by atoms with Crippen molar-refractivity contribution in [2.24, 2.45) is 0 Å². The van der Waals surface area contributed by atoms with Gasteiger partial charge < -0.3 is 20.9 Å². The van der Waals surface area contributed by atoms with E-state index >= 15 is 0 Å². The van der Waals surface area contributed by atoms with E-state index in [9.17, 15) is 8.42 Å². The van der Waals surface area contributed by atoms with Gasteiger partial charge in [-0.2, -0.15) is 0 Å². The van der Waals surface area contributed by atoms with Crippen molar-refractivity contribution in [3.05, 3.63) is 42.6 Å². The van der Waals surface area contributed by atoms with Crippen molar-refractivity contribution in [2.45, 2.75) is 4.90 Å². The van der Waals surface area contributed by atoms with E-state index < -0.39 is 10.0 Å². The zero-order chi connectivity index (χ0) is 18.9. The highest BCUT2D eigenvalue weighted by Crippen LogP contribution is 2.46. The fourth-order valence-corrected chi connectivity index (χ4v) is 3.69. The van der Waals surface area contributed by atoms with Gasteiger partial charge in [0, 0.05) is 17.3 Å². The standard InChI is InChI=1S/C17H18N4O4S/c1-24-16-13(19)12-4-3-9-20-14(12)15(17(16)25-2)21-26(22,23)11-7-5-10(18)6-8-11/h3-9,21H,18-19H2,1-2H3. The maximum absolute atomic E-state index is 12.8. The minimum absolute atomic E-state index is 0.0497. The summed E-state index contributed by atoms with van der Waals surface area (Å²) in [5, 5.41) is 0.542. The van der Waals surface area contributed by atoms with Crippen LogP contribution in [0.25, 0.3) is 10.9 Å². The summed E-state index contributed by atoms with van der Waals surface area (Å²) in [5.74, 6) is 0.373. The number of hydrogen-bond acceptors (Lipinski definition) is 7. The van der Waals surface area contributed by atoms with Crippen LogP contribution < -0.4 is 25.7 Å². The Morgan fingerprint density at radius 1 is 1.00 bits per heavy atom. The van der Waals surface area contributed by atoms with Gasteiger partial charge >= 0.3 is 0 Å². The van der Waals surface area contributed by atoms with Gasteiger partial charge in [-0.05, 0) is 36.4 Å². The van der Waals surface area contributed by atoms with Crippen molar-refractivity contribution in [2.75, 3.05) is 30.4 Å². The van der Waals surface area contributed by atoms with Crippen LogP contribution in [0.1, 0.15) is 0 Å². The van der Waals surface area contributed by atoms with E-state index in [-0.39, 0.29) is 22.1 Å². The first-order valence-corrected chi connectivity index (χ1v) is 9.04. The van der Waals surface area contributed by atoms with Gasteiger partial charge in [0.2, 0.25) is 0 Å². The van der Waals surface area contributed by atoms with Crippen LogP contribution in [0.4, 0.5) is 17.1 Å². The van der Waals surface area contributed by atoms with Gasteiger partial charge in [0.25, 0.3) is 10.0 Å². The highest BCUT2D eigenvalue weighted by Gasteiger charge is 2.25. The highest BCUT2D eigenvalue weighted by atomic mass is 32.2. The summed E-state index contributed by atoms with van der Waals surface area (Å²) >= 11 is 0. The Morgan fingerprint density at radius 3 is 2.27 bits per heavy atom. The number of sulfonamides is 1. The number of nitrogen functional groups attached to an aromatic ring is 2. The number of pyridine rings is 1. The Kier molecular flexibility index (Phi) is 4.47. The summed E-state index contributed by atoms with van der Waals surface area (Å²) in [6, 6.07) is 9.25. The van der Waals surface area contributed by atoms with Crippen LogP contribution in [0, 0.1) is 0 Å². The van der Waals surface area contributed by atoms with E-state index in [0.29, 0.717) is 22.3 Å². The zero-order valence-electron chi connectivity index (χ0n) is 14.2. The quantitative estimate of drug-likeness (QED) is 0.584. The van der Waals surface area contributed by atoms with Crippen LogP contribution in [0.15, 0.2) is 47.5 Å². The molecule has 136 valence electrons. The molecule has 3 rings (SSSR count). The van der Waals surface area contributed by atoms with Crippen molar-refractivity contribution in [1.82, 2.24) is 4.98 Å². The molecular weight excluding hydrogens is 356 g/mol. The number of methoxy groups -OCH3 is 2. The lowest BCUT2D eigenvalue weighted by molar-refractivity contribution is 0.358. The first kappa shape index (κ1) is 17.6. The van der Waals surface area contributed by atoms with E-state index in [1.54, 1.807) is 12.1 Å². The molecule has 0 radical (unpaired) electrons. The van der Waals surface area contributed by atoms with Crippen molar-refractivity contribution < 1.29 is 17.9 Å². The molecule has 9 heteroatoms. The van der Waals surface area contributed by atoms with Crippen LogP contribution in [-0.4, -0.2) is 27.6 Å². The van der Waals surface area contributed by atoms with E-state index in [1.807, 2.05) is 0 Å². The molecule has 26 heavy (non-hydrogen) atoms. The smallest absolute Gasteiger partial charge is 0.262 e. The second-order valence-electron chi connectivity index (χ2n) is 5.43.